The van der Waals surface area contributed by atoms with Crippen molar-refractivity contribution in [2.75, 3.05) is 26.2 Å². The lowest BCUT2D eigenvalue weighted by Crippen LogP contribution is -2.48. The number of Topliss-reactive ketones (excluding diaryl/α,β-unsaturated/α-hetero) is 1. The van der Waals surface area contributed by atoms with Gasteiger partial charge in [-0.05, 0) is 73.3 Å². The van der Waals surface area contributed by atoms with Gasteiger partial charge < -0.3 is 20.1 Å². The number of halogens is 2. The Morgan fingerprint density at radius 2 is 1.65 bits per heavy atom. The van der Waals surface area contributed by atoms with Crippen molar-refractivity contribution in [2.45, 2.75) is 51.2 Å². The zero-order valence-electron chi connectivity index (χ0n) is 22.7. The molecule has 3 aromatic carbocycles. The smallest absolute Gasteiger partial charge is 0.292 e. The van der Waals surface area contributed by atoms with Gasteiger partial charge in [-0.25, -0.2) is 4.39 Å². The van der Waals surface area contributed by atoms with E-state index in [9.17, 15) is 19.1 Å². The number of rotatable bonds is 13. The molecule has 4 rings (SSSR count). The number of ether oxygens (including phenoxy) is 1. The highest BCUT2D eigenvalue weighted by Crippen LogP contribution is 2.30. The van der Waals surface area contributed by atoms with E-state index in [0.29, 0.717) is 29.5 Å². The van der Waals surface area contributed by atoms with Crippen LogP contribution in [0.3, 0.4) is 0 Å². The van der Waals surface area contributed by atoms with Crippen LogP contribution in [0.4, 0.5) is 4.39 Å². The van der Waals surface area contributed by atoms with Crippen molar-refractivity contribution in [3.8, 4) is 16.9 Å². The topological polar surface area (TPSA) is 78.9 Å². The molecule has 6 nitrogen and oxygen atoms in total. The maximum atomic E-state index is 13.2. The number of aliphatic hydroxyl groups is 1. The first-order valence-electron chi connectivity index (χ1n) is 13.9. The second-order valence-electron chi connectivity index (χ2n) is 10.2. The van der Waals surface area contributed by atoms with Crippen molar-refractivity contribution in [3.05, 3.63) is 88.7 Å². The van der Waals surface area contributed by atoms with Crippen LogP contribution < -0.4 is 10.1 Å². The van der Waals surface area contributed by atoms with Gasteiger partial charge in [-0.15, -0.1) is 0 Å². The fourth-order valence-corrected chi connectivity index (χ4v) is 5.12. The van der Waals surface area contributed by atoms with E-state index in [1.165, 1.54) is 12.1 Å². The number of amides is 1. The second-order valence-corrected chi connectivity index (χ2v) is 10.6. The summed E-state index contributed by atoms with van der Waals surface area (Å²) >= 11 is 6.46. The lowest BCUT2D eigenvalue weighted by molar-refractivity contribution is -0.118. The monoisotopic (exact) mass is 566 g/mol. The van der Waals surface area contributed by atoms with Gasteiger partial charge in [0.25, 0.3) is 5.91 Å². The number of hydrogen-bond acceptors (Lipinski definition) is 5. The molecule has 0 unspecified atom stereocenters. The second kappa shape index (κ2) is 14.4. The van der Waals surface area contributed by atoms with Gasteiger partial charge in [0, 0.05) is 12.1 Å². The van der Waals surface area contributed by atoms with E-state index in [1.807, 2.05) is 0 Å². The summed E-state index contributed by atoms with van der Waals surface area (Å²) in [4.78, 5) is 28.3. The van der Waals surface area contributed by atoms with Gasteiger partial charge >= 0.3 is 0 Å². The van der Waals surface area contributed by atoms with Crippen LogP contribution in [0.2, 0.25) is 5.02 Å². The number of aliphatic hydroxyl groups excluding tert-OH is 1. The van der Waals surface area contributed by atoms with Gasteiger partial charge in [-0.1, -0.05) is 73.8 Å². The number of benzene rings is 3. The molecule has 1 aliphatic rings. The Hall–Kier alpha value is -3.26. The van der Waals surface area contributed by atoms with Crippen LogP contribution in [-0.2, 0) is 4.79 Å². The van der Waals surface area contributed by atoms with Gasteiger partial charge in [0.05, 0.1) is 17.7 Å². The summed E-state index contributed by atoms with van der Waals surface area (Å²) in [5.74, 6) is -1.27. The molecule has 1 heterocycles. The largest absolute Gasteiger partial charge is 0.492 e. The Morgan fingerprint density at radius 1 is 1.00 bits per heavy atom. The Kier molecular flexibility index (Phi) is 10.7. The molecule has 1 amide bonds. The molecule has 212 valence electrons. The summed E-state index contributed by atoms with van der Waals surface area (Å²) in [7, 11) is 0. The van der Waals surface area contributed by atoms with Crippen LogP contribution in [0.5, 0.6) is 5.75 Å². The van der Waals surface area contributed by atoms with Gasteiger partial charge in [0.15, 0.2) is 0 Å². The standard InChI is InChI=1S/C32H36ClFN2O4/c1-2-3-6-19-40-29-16-13-25(20-27(29)33)30(37)28(21-36-17-4-5-18-36)35-32(39)31(38)24-9-7-22(8-10-24)23-11-14-26(34)15-12-23/h7-16,20,28,30,37H,2-6,17-19,21H2,1H3,(H,35,39)/t28-,30-/m1/s1. The summed E-state index contributed by atoms with van der Waals surface area (Å²) in [5, 5.41) is 14.5. The van der Waals surface area contributed by atoms with Gasteiger partial charge in [-0.3, -0.25) is 9.59 Å². The van der Waals surface area contributed by atoms with Crippen molar-refractivity contribution in [1.29, 1.82) is 0 Å². The number of likely N-dealkylation sites (tertiary alicyclic amines) is 1. The first-order chi connectivity index (χ1) is 19.4. The molecule has 0 bridgehead atoms. The SMILES string of the molecule is CCCCCOc1ccc([C@@H](O)[C@@H](CN2CCCC2)NC(=O)C(=O)c2ccc(-c3ccc(F)cc3)cc2)cc1Cl. The average molecular weight is 567 g/mol. The minimum atomic E-state index is -1.08. The Bertz CT molecular complexity index is 1280. The van der Waals surface area contributed by atoms with E-state index in [2.05, 4.69) is 17.1 Å². The third-order valence-electron chi connectivity index (χ3n) is 7.18. The molecule has 8 heteroatoms. The summed E-state index contributed by atoms with van der Waals surface area (Å²) in [6, 6.07) is 17.0. The van der Waals surface area contributed by atoms with E-state index >= 15 is 0 Å². The maximum absolute atomic E-state index is 13.2. The highest BCUT2D eigenvalue weighted by atomic mass is 35.5. The van der Waals surface area contributed by atoms with Crippen LogP contribution in [0.15, 0.2) is 66.7 Å². The Morgan fingerprint density at radius 3 is 2.27 bits per heavy atom. The highest BCUT2D eigenvalue weighted by Gasteiger charge is 2.29. The average Bonchev–Trinajstić information content (AvgIpc) is 3.48. The third kappa shape index (κ3) is 7.90. The third-order valence-corrected chi connectivity index (χ3v) is 7.48. The van der Waals surface area contributed by atoms with Gasteiger partial charge in [0.1, 0.15) is 17.7 Å². The van der Waals surface area contributed by atoms with Crippen molar-refractivity contribution >= 4 is 23.3 Å². The van der Waals surface area contributed by atoms with Crippen LogP contribution in [0.25, 0.3) is 11.1 Å². The molecule has 0 aliphatic carbocycles. The number of carbonyl (C=O) groups is 2. The number of nitrogens with zero attached hydrogens (tertiary/aromatic N) is 1. The molecule has 0 aromatic heterocycles. The summed E-state index contributed by atoms with van der Waals surface area (Å²) in [6.45, 7) is 4.82. The molecule has 1 fully saturated rings. The van der Waals surface area contributed by atoms with E-state index < -0.39 is 23.8 Å². The molecule has 0 spiro atoms. The summed E-state index contributed by atoms with van der Waals surface area (Å²) in [5.41, 5.74) is 2.36. The molecule has 2 N–H and O–H groups in total. The Labute approximate surface area is 240 Å². The summed E-state index contributed by atoms with van der Waals surface area (Å²) in [6.07, 6.45) is 4.12. The zero-order valence-corrected chi connectivity index (χ0v) is 23.5. The van der Waals surface area contributed by atoms with Crippen molar-refractivity contribution in [2.24, 2.45) is 0 Å². The predicted molar refractivity (Wildman–Crippen MR) is 155 cm³/mol. The first-order valence-corrected chi connectivity index (χ1v) is 14.3. The number of hydrogen-bond donors (Lipinski definition) is 2. The van der Waals surface area contributed by atoms with Crippen LogP contribution in [-0.4, -0.2) is 54.0 Å². The number of unbranched alkanes of at least 4 members (excludes halogenated alkanes) is 2. The maximum Gasteiger partial charge on any atom is 0.292 e. The van der Waals surface area contributed by atoms with Crippen LogP contribution in [0, 0.1) is 5.82 Å². The Balaban J connectivity index is 1.45. The van der Waals surface area contributed by atoms with E-state index in [-0.39, 0.29) is 11.4 Å². The van der Waals surface area contributed by atoms with Gasteiger partial charge in [-0.2, -0.15) is 0 Å². The normalized spacial score (nSPS) is 15.0. The lowest BCUT2D eigenvalue weighted by atomic mass is 10.00. The van der Waals surface area contributed by atoms with E-state index in [4.69, 9.17) is 16.3 Å². The molecule has 1 saturated heterocycles. The quantitative estimate of drug-likeness (QED) is 0.146. The number of carbonyl (C=O) groups excluding carboxylic acids is 2. The first kappa shape index (κ1) is 29.7. The molecule has 2 atom stereocenters. The minimum absolute atomic E-state index is 0.227. The van der Waals surface area contributed by atoms with Crippen molar-refractivity contribution in [3.63, 3.8) is 0 Å². The minimum Gasteiger partial charge on any atom is -0.492 e. The number of ketones is 1. The van der Waals surface area contributed by atoms with Crippen molar-refractivity contribution < 1.29 is 23.8 Å². The van der Waals surface area contributed by atoms with Crippen LogP contribution >= 0.6 is 11.6 Å². The van der Waals surface area contributed by atoms with E-state index in [1.54, 1.807) is 54.6 Å². The molecular formula is C32H36ClFN2O4. The van der Waals surface area contributed by atoms with Gasteiger partial charge in [0.2, 0.25) is 5.78 Å². The van der Waals surface area contributed by atoms with Crippen molar-refractivity contribution in [1.82, 2.24) is 10.2 Å². The summed E-state index contributed by atoms with van der Waals surface area (Å²) < 4.78 is 19.0. The zero-order chi connectivity index (χ0) is 28.5. The molecular weight excluding hydrogens is 531 g/mol. The highest BCUT2D eigenvalue weighted by molar-refractivity contribution is 6.42. The molecule has 1 aliphatic heterocycles. The lowest BCUT2D eigenvalue weighted by Gasteiger charge is -2.28. The molecule has 0 saturated carbocycles. The molecule has 3 aromatic rings. The van der Waals surface area contributed by atoms with E-state index in [0.717, 1.165) is 56.3 Å². The molecule has 40 heavy (non-hydrogen) atoms. The molecule has 0 radical (unpaired) electrons. The van der Waals surface area contributed by atoms with Crippen LogP contribution in [0.1, 0.15) is 61.1 Å². The predicted octanol–water partition coefficient (Wildman–Crippen LogP) is 6.21. The number of nitrogens with one attached hydrogen (secondary N) is 1. The fraction of sp³-hybridized carbons (Fsp3) is 0.375. The fourth-order valence-electron chi connectivity index (χ4n) is 4.87.